The first-order valence-corrected chi connectivity index (χ1v) is 8.66. The zero-order chi connectivity index (χ0) is 18.1. The van der Waals surface area contributed by atoms with E-state index in [4.69, 9.17) is 5.73 Å². The number of nitrogens with two attached hydrogens (primary N) is 1. The Labute approximate surface area is 150 Å². The Morgan fingerprint density at radius 2 is 1.58 bits per heavy atom. The van der Waals surface area contributed by atoms with E-state index in [-0.39, 0.29) is 5.54 Å². The molecule has 0 aliphatic carbocycles. The van der Waals surface area contributed by atoms with Gasteiger partial charge in [0.1, 0.15) is 6.54 Å². The lowest BCUT2D eigenvalue weighted by molar-refractivity contribution is -0.134. The fraction of sp³-hybridized carbons (Fsp3) is 0.471. The van der Waals surface area contributed by atoms with Crippen LogP contribution in [0.4, 0.5) is 5.69 Å². The highest BCUT2D eigenvalue weighted by atomic mass is 16.2. The SMILES string of the molecule is NC(=O)CN1C(=O)c2ccc(NC34CN5CN(CN(C5)C3)C4)cc2C1=O. The first kappa shape index (κ1) is 15.7. The van der Waals surface area contributed by atoms with Crippen molar-refractivity contribution in [2.75, 3.05) is 51.5 Å². The molecule has 3 N–H and O–H groups in total. The van der Waals surface area contributed by atoms with Crippen molar-refractivity contribution in [2.24, 2.45) is 5.73 Å². The van der Waals surface area contributed by atoms with Crippen molar-refractivity contribution in [1.82, 2.24) is 19.6 Å². The average molecular weight is 356 g/mol. The van der Waals surface area contributed by atoms with Crippen LogP contribution in [-0.2, 0) is 4.79 Å². The van der Waals surface area contributed by atoms with Gasteiger partial charge in [-0.05, 0) is 18.2 Å². The molecule has 0 saturated carbocycles. The number of nitrogens with zero attached hydrogens (tertiary/aromatic N) is 4. The topological polar surface area (TPSA) is 102 Å². The highest BCUT2D eigenvalue weighted by Crippen LogP contribution is 2.33. The largest absolute Gasteiger partial charge is 0.376 e. The number of imide groups is 1. The summed E-state index contributed by atoms with van der Waals surface area (Å²) in [4.78, 5) is 44.1. The van der Waals surface area contributed by atoms with E-state index in [1.165, 1.54) is 0 Å². The summed E-state index contributed by atoms with van der Waals surface area (Å²) in [5.74, 6) is -1.63. The Morgan fingerprint density at radius 3 is 2.15 bits per heavy atom. The summed E-state index contributed by atoms with van der Waals surface area (Å²) >= 11 is 0. The number of nitrogens with one attached hydrogen (secondary N) is 1. The van der Waals surface area contributed by atoms with E-state index in [2.05, 4.69) is 20.0 Å². The summed E-state index contributed by atoms with van der Waals surface area (Å²) in [5.41, 5.74) is 6.53. The lowest BCUT2D eigenvalue weighted by Crippen LogP contribution is -2.78. The summed E-state index contributed by atoms with van der Waals surface area (Å²) in [5, 5.41) is 3.61. The van der Waals surface area contributed by atoms with Crippen LogP contribution in [0.1, 0.15) is 20.7 Å². The second-order valence-electron chi connectivity index (χ2n) is 7.74. The van der Waals surface area contributed by atoms with Crippen LogP contribution >= 0.6 is 0 Å². The number of primary amides is 1. The molecule has 26 heavy (non-hydrogen) atoms. The molecule has 0 radical (unpaired) electrons. The molecule has 5 heterocycles. The van der Waals surface area contributed by atoms with E-state index in [1.807, 2.05) is 6.07 Å². The van der Waals surface area contributed by atoms with Crippen molar-refractivity contribution in [3.63, 3.8) is 0 Å². The van der Waals surface area contributed by atoms with Crippen LogP contribution < -0.4 is 11.1 Å². The molecule has 4 fully saturated rings. The van der Waals surface area contributed by atoms with E-state index < -0.39 is 24.3 Å². The maximum absolute atomic E-state index is 12.5. The van der Waals surface area contributed by atoms with Crippen molar-refractivity contribution in [3.8, 4) is 0 Å². The highest BCUT2D eigenvalue weighted by Gasteiger charge is 2.48. The Morgan fingerprint density at radius 1 is 1.00 bits per heavy atom. The highest BCUT2D eigenvalue weighted by molar-refractivity contribution is 6.22. The van der Waals surface area contributed by atoms with Crippen molar-refractivity contribution < 1.29 is 14.4 Å². The summed E-state index contributed by atoms with van der Waals surface area (Å²) in [6.45, 7) is 5.47. The molecular formula is C17H20N6O3. The second kappa shape index (κ2) is 5.26. The second-order valence-corrected chi connectivity index (χ2v) is 7.74. The van der Waals surface area contributed by atoms with Crippen molar-refractivity contribution in [1.29, 1.82) is 0 Å². The minimum Gasteiger partial charge on any atom is -0.376 e. The molecule has 4 bridgehead atoms. The van der Waals surface area contributed by atoms with Gasteiger partial charge in [-0.25, -0.2) is 0 Å². The van der Waals surface area contributed by atoms with Crippen LogP contribution in [0.5, 0.6) is 0 Å². The summed E-state index contributed by atoms with van der Waals surface area (Å²) in [7, 11) is 0. The van der Waals surface area contributed by atoms with Crippen LogP contribution in [0.3, 0.4) is 0 Å². The minimum atomic E-state index is -0.705. The standard InChI is InChI=1S/C17H20N6O3/c18-14(24)4-23-15(25)12-2-1-11(3-13(12)16(23)26)19-17-5-20-8-21(6-17)10-22(7-17)9-20/h1-3,19H,4-10H2,(H2,18,24). The number of benzene rings is 1. The fourth-order valence-corrected chi connectivity index (χ4v) is 4.81. The quantitative estimate of drug-likeness (QED) is 0.649. The number of hydrogen-bond acceptors (Lipinski definition) is 7. The predicted molar refractivity (Wildman–Crippen MR) is 92.1 cm³/mol. The number of hydrogen-bond donors (Lipinski definition) is 2. The van der Waals surface area contributed by atoms with E-state index in [1.54, 1.807) is 12.1 Å². The smallest absolute Gasteiger partial charge is 0.262 e. The van der Waals surface area contributed by atoms with Gasteiger partial charge in [0.25, 0.3) is 11.8 Å². The van der Waals surface area contributed by atoms with Gasteiger partial charge in [0.2, 0.25) is 5.91 Å². The van der Waals surface area contributed by atoms with Crippen LogP contribution in [0.25, 0.3) is 0 Å². The third-order valence-corrected chi connectivity index (χ3v) is 5.47. The zero-order valence-corrected chi connectivity index (χ0v) is 14.3. The minimum absolute atomic E-state index is 0.0818. The van der Waals surface area contributed by atoms with E-state index in [0.29, 0.717) is 11.1 Å². The van der Waals surface area contributed by atoms with Crippen LogP contribution in [0.2, 0.25) is 0 Å². The number of carbonyl (C=O) groups excluding carboxylic acids is 3. The molecule has 1 aromatic carbocycles. The third kappa shape index (κ3) is 2.32. The maximum Gasteiger partial charge on any atom is 0.262 e. The molecule has 1 aromatic rings. The van der Waals surface area contributed by atoms with Crippen molar-refractivity contribution in [2.45, 2.75) is 5.54 Å². The van der Waals surface area contributed by atoms with Crippen LogP contribution in [0, 0.1) is 0 Å². The molecule has 5 aliphatic heterocycles. The summed E-state index contributed by atoms with van der Waals surface area (Å²) < 4.78 is 0. The number of amides is 3. The van der Waals surface area contributed by atoms with Gasteiger partial charge in [0, 0.05) is 25.3 Å². The molecule has 0 spiro atoms. The number of rotatable bonds is 4. The molecule has 9 heteroatoms. The lowest BCUT2D eigenvalue weighted by Gasteiger charge is -2.60. The molecule has 4 saturated heterocycles. The average Bonchev–Trinajstić information content (AvgIpc) is 2.77. The van der Waals surface area contributed by atoms with Gasteiger partial charge in [0.05, 0.1) is 36.7 Å². The number of anilines is 1. The maximum atomic E-state index is 12.5. The molecule has 6 rings (SSSR count). The Hall–Kier alpha value is -2.49. The van der Waals surface area contributed by atoms with E-state index >= 15 is 0 Å². The summed E-state index contributed by atoms with van der Waals surface area (Å²) in [6.07, 6.45) is 0. The molecule has 0 unspecified atom stereocenters. The molecule has 3 amide bonds. The van der Waals surface area contributed by atoms with Gasteiger partial charge in [-0.15, -0.1) is 0 Å². The number of fused-ring (bicyclic) bond motifs is 1. The number of carbonyl (C=O) groups is 3. The van der Waals surface area contributed by atoms with Gasteiger partial charge < -0.3 is 11.1 Å². The van der Waals surface area contributed by atoms with Crippen molar-refractivity contribution in [3.05, 3.63) is 29.3 Å². The molecule has 0 atom stereocenters. The molecule has 0 aromatic heterocycles. The lowest BCUT2D eigenvalue weighted by atomic mass is 9.90. The predicted octanol–water partition coefficient (Wildman–Crippen LogP) is -1.26. The van der Waals surface area contributed by atoms with Crippen LogP contribution in [-0.4, -0.2) is 89.0 Å². The van der Waals surface area contributed by atoms with E-state index in [9.17, 15) is 14.4 Å². The first-order valence-electron chi connectivity index (χ1n) is 8.66. The molecular weight excluding hydrogens is 336 g/mol. The summed E-state index contributed by atoms with van der Waals surface area (Å²) in [6, 6.07) is 5.20. The Bertz CT molecular complexity index is 803. The van der Waals surface area contributed by atoms with Gasteiger partial charge in [0.15, 0.2) is 0 Å². The molecule has 5 aliphatic rings. The molecule has 9 nitrogen and oxygen atoms in total. The van der Waals surface area contributed by atoms with Gasteiger partial charge >= 0.3 is 0 Å². The zero-order valence-electron chi connectivity index (χ0n) is 14.3. The third-order valence-electron chi connectivity index (χ3n) is 5.47. The van der Waals surface area contributed by atoms with Gasteiger partial charge in [-0.2, -0.15) is 0 Å². The van der Waals surface area contributed by atoms with Crippen LogP contribution in [0.15, 0.2) is 18.2 Å². The van der Waals surface area contributed by atoms with Gasteiger partial charge in [-0.3, -0.25) is 34.0 Å². The first-order chi connectivity index (χ1) is 12.4. The van der Waals surface area contributed by atoms with E-state index in [0.717, 1.165) is 50.2 Å². The van der Waals surface area contributed by atoms with Gasteiger partial charge in [-0.1, -0.05) is 0 Å². The fourth-order valence-electron chi connectivity index (χ4n) is 4.81. The van der Waals surface area contributed by atoms with Crippen molar-refractivity contribution >= 4 is 23.4 Å². The monoisotopic (exact) mass is 356 g/mol. The normalized spacial score (nSPS) is 34.3. The Balaban J connectivity index is 1.41. The Kier molecular flexibility index (Phi) is 3.18. The molecule has 136 valence electrons.